The quantitative estimate of drug-likeness (QED) is 0.141. The highest BCUT2D eigenvalue weighted by atomic mass is 28.3. The van der Waals surface area contributed by atoms with E-state index in [9.17, 15) is 0 Å². The Hall–Kier alpha value is -1.34. The van der Waals surface area contributed by atoms with Gasteiger partial charge in [-0.1, -0.05) is 213 Å². The molecule has 1 aliphatic rings. The third kappa shape index (κ3) is 8.42. The van der Waals surface area contributed by atoms with Crippen molar-refractivity contribution in [3.8, 4) is 0 Å². The van der Waals surface area contributed by atoms with Gasteiger partial charge in [-0.25, -0.2) is 0 Å². The largest absolute Gasteiger partial charge is 0.159 e. The summed E-state index contributed by atoms with van der Waals surface area (Å²) in [5.41, 5.74) is 11.5. The Bertz CT molecular complexity index is 1740. The van der Waals surface area contributed by atoms with Crippen LogP contribution in [0.4, 0.5) is 0 Å². The number of hydrogen-bond acceptors (Lipinski definition) is 0. The molecule has 0 bridgehead atoms. The fourth-order valence-electron chi connectivity index (χ4n) is 10.5. The average molecular weight is 856 g/mol. The lowest BCUT2D eigenvalue weighted by molar-refractivity contribution is 1.09. The van der Waals surface area contributed by atoms with Gasteiger partial charge in [-0.05, 0) is 75.2 Å². The van der Waals surface area contributed by atoms with Crippen LogP contribution < -0.4 is 46.7 Å². The molecule has 4 rings (SSSR count). The molecular weight excluding hydrogens is 773 g/mol. The molecule has 0 aromatic heterocycles. The van der Waals surface area contributed by atoms with E-state index in [-0.39, 0.29) is 0 Å². The van der Waals surface area contributed by atoms with Crippen LogP contribution >= 0.6 is 0 Å². The second-order valence-corrected chi connectivity index (χ2v) is 58.1. The average Bonchev–Trinajstić information content (AvgIpc) is 3.17. The summed E-state index contributed by atoms with van der Waals surface area (Å²) < 4.78 is 0. The van der Waals surface area contributed by atoms with Gasteiger partial charge in [-0.15, -0.1) is 0 Å². The molecular formula is C48H82Si7. The van der Waals surface area contributed by atoms with Crippen molar-refractivity contribution >= 4 is 103 Å². The van der Waals surface area contributed by atoms with Gasteiger partial charge in [0.1, 0.15) is 0 Å². The molecule has 0 amide bonds. The Labute approximate surface area is 348 Å². The summed E-state index contributed by atoms with van der Waals surface area (Å²) >= 11 is 0. The highest BCUT2D eigenvalue weighted by molar-refractivity contribution is 7.14. The third-order valence-electron chi connectivity index (χ3n) is 13.5. The van der Waals surface area contributed by atoms with Crippen LogP contribution in [0.5, 0.6) is 0 Å². The van der Waals surface area contributed by atoms with Crippen molar-refractivity contribution in [1.82, 2.24) is 0 Å². The van der Waals surface area contributed by atoms with E-state index < -0.39 is 56.5 Å². The molecule has 3 aromatic carbocycles. The van der Waals surface area contributed by atoms with E-state index in [4.69, 9.17) is 0 Å². The van der Waals surface area contributed by atoms with Gasteiger partial charge in [0.2, 0.25) is 0 Å². The van der Waals surface area contributed by atoms with E-state index in [1.807, 2.05) is 0 Å². The Balaban J connectivity index is 2.61. The number of allylic oxidation sites excluding steroid dienone is 4. The molecule has 0 saturated heterocycles. The van der Waals surface area contributed by atoms with Gasteiger partial charge in [0.25, 0.3) is 0 Å². The molecule has 0 unspecified atom stereocenters. The first kappa shape index (κ1) is 46.3. The first-order chi connectivity index (χ1) is 24.5. The fourth-order valence-corrected chi connectivity index (χ4v) is 28.8. The summed E-state index contributed by atoms with van der Waals surface area (Å²) in [6.45, 7) is 64.3. The summed E-state index contributed by atoms with van der Waals surface area (Å²) in [5, 5.41) is 15.2. The number of rotatable bonds is 10. The van der Waals surface area contributed by atoms with Crippen LogP contribution in [-0.4, -0.2) is 56.5 Å². The fraction of sp³-hybridized carbons (Fsp3) is 0.542. The third-order valence-corrected chi connectivity index (χ3v) is 31.6. The zero-order valence-electron chi connectivity index (χ0n) is 40.5. The van der Waals surface area contributed by atoms with Crippen molar-refractivity contribution in [2.45, 2.75) is 172 Å². The molecule has 0 radical (unpaired) electrons. The molecule has 0 heterocycles. The van der Waals surface area contributed by atoms with Crippen molar-refractivity contribution in [2.75, 3.05) is 0 Å². The molecule has 0 saturated carbocycles. The second-order valence-electron chi connectivity index (χ2n) is 23.9. The molecule has 0 N–H and O–H groups in total. The Kier molecular flexibility index (Phi) is 12.4. The van der Waals surface area contributed by atoms with Crippen molar-refractivity contribution < 1.29 is 0 Å². The molecule has 3 aromatic rings. The lowest BCUT2D eigenvalue weighted by Crippen LogP contribution is -2.74. The van der Waals surface area contributed by atoms with E-state index in [2.05, 4.69) is 203 Å². The van der Waals surface area contributed by atoms with Crippen LogP contribution in [0.15, 0.2) is 58.7 Å². The Morgan fingerprint density at radius 2 is 0.455 bits per heavy atom. The minimum Gasteiger partial charge on any atom is -0.0656 e. The van der Waals surface area contributed by atoms with E-state index in [1.54, 1.807) is 74.5 Å². The zero-order chi connectivity index (χ0) is 42.6. The van der Waals surface area contributed by atoms with E-state index in [1.165, 1.54) is 11.1 Å². The second kappa shape index (κ2) is 14.7. The van der Waals surface area contributed by atoms with Crippen LogP contribution in [0.25, 0.3) is 0 Å². The molecule has 0 aliphatic heterocycles. The van der Waals surface area contributed by atoms with Gasteiger partial charge < -0.3 is 0 Å². The van der Waals surface area contributed by atoms with Gasteiger partial charge in [0, 0.05) is 5.54 Å². The van der Waals surface area contributed by atoms with Crippen molar-refractivity contribution in [3.63, 3.8) is 0 Å². The highest BCUT2D eigenvalue weighted by Gasteiger charge is 2.53. The predicted molar refractivity (Wildman–Crippen MR) is 277 cm³/mol. The maximum Gasteiger partial charge on any atom is 0.159 e. The Morgan fingerprint density at radius 1 is 0.291 bits per heavy atom. The van der Waals surface area contributed by atoms with Gasteiger partial charge in [-0.3, -0.25) is 0 Å². The SMILES string of the molecule is CC1=C(C)C([Si](c2cc([Si](C)(C)C)c(C)c([Si](C)(C)C)c2)(c2cc([Si](C)(C)C)c(C)c([Si](C)(C)C)c2)c2cc([Si](C)(C)C)c(C)c([Si](C)(C)C)c2)C(C)=C1C. The smallest absolute Gasteiger partial charge is 0.0656 e. The zero-order valence-corrected chi connectivity index (χ0v) is 47.5. The predicted octanol–water partition coefficient (Wildman–Crippen LogP) is 9.41. The van der Waals surface area contributed by atoms with Gasteiger partial charge in [0.05, 0.1) is 48.4 Å². The molecule has 302 valence electrons. The topological polar surface area (TPSA) is 0 Å². The lowest BCUT2D eigenvalue weighted by atomic mass is 10.1. The van der Waals surface area contributed by atoms with Crippen molar-refractivity contribution in [3.05, 3.63) is 75.4 Å². The highest BCUT2D eigenvalue weighted by Crippen LogP contribution is 2.46. The first-order valence-electron chi connectivity index (χ1n) is 21.3. The van der Waals surface area contributed by atoms with Gasteiger partial charge in [-0.2, -0.15) is 0 Å². The summed E-state index contributed by atoms with van der Waals surface area (Å²) in [4.78, 5) is 0. The van der Waals surface area contributed by atoms with Gasteiger partial charge in [0.15, 0.2) is 8.07 Å². The van der Waals surface area contributed by atoms with Crippen molar-refractivity contribution in [2.24, 2.45) is 0 Å². The van der Waals surface area contributed by atoms with Crippen molar-refractivity contribution in [1.29, 1.82) is 0 Å². The molecule has 0 fully saturated rings. The minimum absolute atomic E-state index is 0.373. The van der Waals surface area contributed by atoms with Gasteiger partial charge >= 0.3 is 0 Å². The van der Waals surface area contributed by atoms with Crippen LogP contribution in [0, 0.1) is 20.8 Å². The van der Waals surface area contributed by atoms with E-state index >= 15 is 0 Å². The monoisotopic (exact) mass is 854 g/mol. The molecule has 0 nitrogen and oxygen atoms in total. The maximum atomic E-state index is 2.85. The summed E-state index contributed by atoms with van der Waals surface area (Å²) in [7, 11) is -13.3. The first-order valence-corrected chi connectivity index (χ1v) is 44.4. The number of benzene rings is 3. The lowest BCUT2D eigenvalue weighted by Gasteiger charge is -2.45. The number of hydrogen-bond donors (Lipinski definition) is 0. The molecule has 0 atom stereocenters. The standard InChI is InChI=1S/C48H82Si7/c1-32-33(2)35(4)48(34(32)3)55(39-26-42(49(8,9)10)36(5)43(27-39)50(11,12)13,40-28-44(51(14,15)16)37(6)45(29-40)52(17,18)19)41-30-46(53(20,21)22)38(7)47(31-41)54(23,24)25/h26-31,48H,1-25H3. The summed E-state index contributed by atoms with van der Waals surface area (Å²) in [5.74, 6) is 0. The van der Waals surface area contributed by atoms with Crippen LogP contribution in [0.2, 0.25) is 123 Å². The maximum absolute atomic E-state index is 2.91. The molecule has 0 spiro atoms. The molecule has 55 heavy (non-hydrogen) atoms. The van der Waals surface area contributed by atoms with Crippen LogP contribution in [0.3, 0.4) is 0 Å². The normalized spacial score (nSPS) is 15.9. The summed E-state index contributed by atoms with van der Waals surface area (Å²) in [6.07, 6.45) is 0. The Morgan fingerprint density at radius 3 is 0.600 bits per heavy atom. The van der Waals surface area contributed by atoms with Crippen LogP contribution in [-0.2, 0) is 0 Å². The minimum atomic E-state index is -2.91. The van der Waals surface area contributed by atoms with E-state index in [0.717, 1.165) is 0 Å². The van der Waals surface area contributed by atoms with Crippen LogP contribution in [0.1, 0.15) is 44.4 Å². The van der Waals surface area contributed by atoms with E-state index in [0.29, 0.717) is 5.54 Å². The summed E-state index contributed by atoms with van der Waals surface area (Å²) in [6, 6.07) is 17.1. The molecule has 7 heteroatoms. The molecule has 1 aliphatic carbocycles.